The third-order valence-electron chi connectivity index (χ3n) is 3.62. The molecule has 7 nitrogen and oxygen atoms in total. The summed E-state index contributed by atoms with van der Waals surface area (Å²) in [7, 11) is -11.1. The molecule has 1 aliphatic heterocycles. The Morgan fingerprint density at radius 1 is 0.926 bits per heavy atom. The number of hydrogen-bond donors (Lipinski definition) is 0. The summed E-state index contributed by atoms with van der Waals surface area (Å²) in [4.78, 5) is 0. The highest BCUT2D eigenvalue weighted by Gasteiger charge is 2.46. The second-order valence-electron chi connectivity index (χ2n) is 5.96. The molecule has 0 bridgehead atoms. The second-order valence-corrected chi connectivity index (χ2v) is 9.39. The lowest BCUT2D eigenvalue weighted by molar-refractivity contribution is -0.897. The van der Waals surface area contributed by atoms with E-state index < -0.39 is 31.1 Å². The van der Waals surface area contributed by atoms with Gasteiger partial charge in [0.25, 0.3) is 0 Å². The lowest BCUT2D eigenvalue weighted by atomic mass is 10.3. The van der Waals surface area contributed by atoms with Gasteiger partial charge in [-0.2, -0.15) is 26.3 Å². The van der Waals surface area contributed by atoms with Gasteiger partial charge >= 0.3 is 11.0 Å². The quantitative estimate of drug-likeness (QED) is 0.337. The molecular weight excluding hydrogens is 430 g/mol. The van der Waals surface area contributed by atoms with Crippen LogP contribution in [0.1, 0.15) is 26.2 Å². The number of quaternary nitrogens is 1. The largest absolute Gasteiger partial charge is 0.480 e. The molecule has 0 aromatic rings. The number of likely N-dealkylation sites (tertiary alicyclic amines) is 1. The van der Waals surface area contributed by atoms with Crippen molar-refractivity contribution in [2.75, 3.05) is 39.9 Å². The van der Waals surface area contributed by atoms with Gasteiger partial charge in [0, 0.05) is 25.9 Å². The SMILES string of the molecule is CCOCCC[N+]1(C)CCCC1.O=S(=O)([N-]S(=O)(=O)C(F)(F)F)C(F)(F)F. The summed E-state index contributed by atoms with van der Waals surface area (Å²) >= 11 is 0. The number of alkyl halides is 6. The predicted molar refractivity (Wildman–Crippen MR) is 84.4 cm³/mol. The number of halogens is 6. The van der Waals surface area contributed by atoms with E-state index in [1.54, 1.807) is 0 Å². The maximum atomic E-state index is 11.4. The monoisotopic (exact) mass is 452 g/mol. The van der Waals surface area contributed by atoms with E-state index in [1.165, 1.54) is 43.4 Å². The summed E-state index contributed by atoms with van der Waals surface area (Å²) < 4.78 is 116. The molecule has 0 aromatic heterocycles. The van der Waals surface area contributed by atoms with Crippen LogP contribution in [-0.4, -0.2) is 72.2 Å². The Morgan fingerprint density at radius 3 is 1.67 bits per heavy atom. The minimum Gasteiger partial charge on any atom is -0.421 e. The first-order valence-corrected chi connectivity index (χ1v) is 10.6. The van der Waals surface area contributed by atoms with Gasteiger partial charge < -0.3 is 13.3 Å². The van der Waals surface area contributed by atoms with Gasteiger partial charge in [0.2, 0.25) is 0 Å². The Balaban J connectivity index is 0.000000511. The summed E-state index contributed by atoms with van der Waals surface area (Å²) in [5.74, 6) is 0. The number of rotatable bonds is 7. The Labute approximate surface area is 154 Å². The zero-order chi connectivity index (χ0) is 21.6. The lowest BCUT2D eigenvalue weighted by Crippen LogP contribution is -2.41. The lowest BCUT2D eigenvalue weighted by Gasteiger charge is -2.28. The van der Waals surface area contributed by atoms with E-state index in [2.05, 4.69) is 14.0 Å². The van der Waals surface area contributed by atoms with E-state index in [0.717, 1.165) is 17.3 Å². The maximum Gasteiger partial charge on any atom is 0.480 e. The number of ether oxygens (including phenoxy) is 1. The molecule has 0 atom stereocenters. The van der Waals surface area contributed by atoms with E-state index in [1.807, 2.05) is 0 Å². The molecular formula is C12H22F6N2O5S2. The molecule has 0 amide bonds. The van der Waals surface area contributed by atoms with Crippen molar-refractivity contribution >= 4 is 20.0 Å². The molecule has 0 radical (unpaired) electrons. The standard InChI is InChI=1S/C10H22NO.C2F6NO4S2/c1-3-12-10-6-9-11(2)7-4-5-8-11;3-1(4,5)14(10,11)9-15(12,13)2(6,7)8/h3-10H2,1-2H3;/q+1;-1. The summed E-state index contributed by atoms with van der Waals surface area (Å²) in [5, 5.41) is 0. The van der Waals surface area contributed by atoms with Gasteiger partial charge in [0.15, 0.2) is 20.0 Å². The van der Waals surface area contributed by atoms with Crippen LogP contribution in [0, 0.1) is 0 Å². The summed E-state index contributed by atoms with van der Waals surface area (Å²) in [5.41, 5.74) is -12.4. The van der Waals surface area contributed by atoms with Crippen LogP contribution in [0.15, 0.2) is 0 Å². The number of nitrogens with zero attached hydrogens (tertiary/aromatic N) is 2. The van der Waals surface area contributed by atoms with Crippen LogP contribution in [0.25, 0.3) is 4.13 Å². The van der Waals surface area contributed by atoms with Gasteiger partial charge in [0.05, 0.1) is 33.3 Å². The van der Waals surface area contributed by atoms with Crippen LogP contribution in [0.4, 0.5) is 26.3 Å². The van der Waals surface area contributed by atoms with Crippen molar-refractivity contribution in [3.05, 3.63) is 4.13 Å². The highest BCUT2D eigenvalue weighted by molar-refractivity contribution is 8.13. The van der Waals surface area contributed by atoms with Gasteiger partial charge in [-0.25, -0.2) is 16.8 Å². The van der Waals surface area contributed by atoms with Crippen molar-refractivity contribution in [3.63, 3.8) is 0 Å². The van der Waals surface area contributed by atoms with E-state index in [-0.39, 0.29) is 0 Å². The summed E-state index contributed by atoms with van der Waals surface area (Å²) in [6, 6.07) is 0. The minimum atomic E-state index is -6.72. The number of sulfonamides is 2. The van der Waals surface area contributed by atoms with Crippen LogP contribution >= 0.6 is 0 Å². The van der Waals surface area contributed by atoms with Gasteiger partial charge in [-0.3, -0.25) is 0 Å². The zero-order valence-corrected chi connectivity index (χ0v) is 16.3. The molecule has 1 rings (SSSR count). The highest BCUT2D eigenvalue weighted by atomic mass is 32.3. The summed E-state index contributed by atoms with van der Waals surface area (Å²) in [6.45, 7) is 7.94. The third-order valence-corrected chi connectivity index (χ3v) is 6.36. The second kappa shape index (κ2) is 9.71. The van der Waals surface area contributed by atoms with Gasteiger partial charge in [-0.15, -0.1) is 0 Å². The van der Waals surface area contributed by atoms with Crippen molar-refractivity contribution in [2.45, 2.75) is 37.2 Å². The first-order chi connectivity index (χ1) is 12.0. The molecule has 15 heteroatoms. The molecule has 1 heterocycles. The van der Waals surface area contributed by atoms with Crippen LogP contribution in [-0.2, 0) is 24.8 Å². The molecule has 0 N–H and O–H groups in total. The maximum absolute atomic E-state index is 11.4. The molecule has 1 saturated heterocycles. The fraction of sp³-hybridized carbons (Fsp3) is 1.00. The molecule has 0 aromatic carbocycles. The van der Waals surface area contributed by atoms with Crippen LogP contribution in [0.2, 0.25) is 0 Å². The van der Waals surface area contributed by atoms with E-state index in [9.17, 15) is 43.2 Å². The van der Waals surface area contributed by atoms with E-state index in [0.29, 0.717) is 0 Å². The zero-order valence-electron chi connectivity index (χ0n) is 14.7. The summed E-state index contributed by atoms with van der Waals surface area (Å²) in [6.07, 6.45) is 4.07. The Bertz CT molecular complexity index is 613. The molecule has 1 aliphatic rings. The normalized spacial score (nSPS) is 18.1. The van der Waals surface area contributed by atoms with Crippen molar-refractivity contribution in [1.82, 2.24) is 0 Å². The molecule has 0 saturated carbocycles. The van der Waals surface area contributed by atoms with Crippen LogP contribution in [0.5, 0.6) is 0 Å². The Morgan fingerprint density at radius 2 is 1.33 bits per heavy atom. The van der Waals surface area contributed by atoms with Gasteiger partial charge in [-0.1, -0.05) is 0 Å². The minimum absolute atomic E-state index is 0.778. The first-order valence-electron chi connectivity index (χ1n) is 7.75. The Kier molecular flexibility index (Phi) is 9.48. The predicted octanol–water partition coefficient (Wildman–Crippen LogP) is 2.71. The van der Waals surface area contributed by atoms with Crippen LogP contribution in [0.3, 0.4) is 0 Å². The molecule has 0 aliphatic carbocycles. The average molecular weight is 452 g/mol. The molecule has 0 spiro atoms. The molecule has 1 fully saturated rings. The topological polar surface area (TPSA) is 91.6 Å². The molecule has 0 unspecified atom stereocenters. The fourth-order valence-corrected chi connectivity index (χ4v) is 3.94. The third kappa shape index (κ3) is 8.93. The van der Waals surface area contributed by atoms with Crippen LogP contribution < -0.4 is 0 Å². The van der Waals surface area contributed by atoms with E-state index >= 15 is 0 Å². The number of hydrogen-bond acceptors (Lipinski definition) is 5. The smallest absolute Gasteiger partial charge is 0.421 e. The fourth-order valence-electron chi connectivity index (χ4n) is 2.23. The van der Waals surface area contributed by atoms with Gasteiger partial charge in [-0.05, 0) is 6.92 Å². The highest BCUT2D eigenvalue weighted by Crippen LogP contribution is 2.36. The van der Waals surface area contributed by atoms with Crippen molar-refractivity contribution in [3.8, 4) is 0 Å². The van der Waals surface area contributed by atoms with Crippen molar-refractivity contribution < 1.29 is 52.4 Å². The first kappa shape index (κ1) is 26.4. The van der Waals surface area contributed by atoms with Crippen molar-refractivity contribution in [2.24, 2.45) is 0 Å². The van der Waals surface area contributed by atoms with E-state index in [4.69, 9.17) is 4.74 Å². The van der Waals surface area contributed by atoms with Crippen molar-refractivity contribution in [1.29, 1.82) is 0 Å². The average Bonchev–Trinajstić information content (AvgIpc) is 2.88. The van der Waals surface area contributed by atoms with Gasteiger partial charge in [0.1, 0.15) is 0 Å². The Hall–Kier alpha value is -0.640. The molecule has 27 heavy (non-hydrogen) atoms. The molecule has 164 valence electrons.